The van der Waals surface area contributed by atoms with Crippen molar-refractivity contribution in [2.45, 2.75) is 18.0 Å². The van der Waals surface area contributed by atoms with Crippen molar-refractivity contribution in [1.29, 1.82) is 0 Å². The molecule has 0 aliphatic carbocycles. The Morgan fingerprint density at radius 3 is 2.43 bits per heavy atom. The molecular weight excluding hydrogens is 391 g/mol. The van der Waals surface area contributed by atoms with Crippen LogP contribution in [0.1, 0.15) is 12.5 Å². The van der Waals surface area contributed by atoms with Crippen molar-refractivity contribution >= 4 is 33.9 Å². The Balaban J connectivity index is 1.95. The number of nitrogens with zero attached hydrogens (tertiary/aromatic N) is 3. The largest absolute Gasteiger partial charge is 0.436 e. The number of alkyl halides is 3. The molecule has 0 fully saturated rings. The number of thioether (sulfide) groups is 1. The lowest BCUT2D eigenvalue weighted by Crippen LogP contribution is -2.19. The Morgan fingerprint density at radius 1 is 1.11 bits per heavy atom. The summed E-state index contributed by atoms with van der Waals surface area (Å²) in [6.45, 7) is 1.99. The Kier molecular flexibility index (Phi) is 4.29. The van der Waals surface area contributed by atoms with E-state index in [1.807, 2.05) is 13.0 Å². The van der Waals surface area contributed by atoms with Crippen molar-refractivity contribution in [2.75, 3.05) is 5.75 Å². The summed E-state index contributed by atoms with van der Waals surface area (Å²) in [5.74, 6) is 1.00. The van der Waals surface area contributed by atoms with Gasteiger partial charge in [-0.15, -0.1) is 11.8 Å². The van der Waals surface area contributed by atoms with Crippen molar-refractivity contribution in [1.82, 2.24) is 14.1 Å². The van der Waals surface area contributed by atoms with Gasteiger partial charge in [0.2, 0.25) is 5.89 Å². The Hall–Kier alpha value is -2.68. The summed E-state index contributed by atoms with van der Waals surface area (Å²) in [6.07, 6.45) is -4.45. The quantitative estimate of drug-likeness (QED) is 0.457. The maximum Gasteiger partial charge on any atom is 0.416 e. The molecule has 0 radical (unpaired) electrons. The van der Waals surface area contributed by atoms with Crippen molar-refractivity contribution in [2.24, 2.45) is 14.1 Å². The number of aryl methyl sites for hydroxylation is 2. The molecule has 0 aliphatic heterocycles. The van der Waals surface area contributed by atoms with Crippen molar-refractivity contribution < 1.29 is 17.6 Å². The normalized spacial score (nSPS) is 12.4. The lowest BCUT2D eigenvalue weighted by atomic mass is 10.2. The average Bonchev–Trinajstić information content (AvgIpc) is 3.16. The van der Waals surface area contributed by atoms with Gasteiger partial charge in [0.1, 0.15) is 5.52 Å². The minimum atomic E-state index is -4.45. The van der Waals surface area contributed by atoms with Gasteiger partial charge in [-0.2, -0.15) is 13.2 Å². The van der Waals surface area contributed by atoms with E-state index in [-0.39, 0.29) is 22.7 Å². The molecule has 28 heavy (non-hydrogen) atoms. The fourth-order valence-corrected chi connectivity index (χ4v) is 3.99. The summed E-state index contributed by atoms with van der Waals surface area (Å²) in [6, 6.07) is 6.91. The van der Waals surface area contributed by atoms with Gasteiger partial charge in [-0.25, -0.2) is 9.78 Å². The molecule has 2 aromatic heterocycles. The van der Waals surface area contributed by atoms with Gasteiger partial charge in [0.05, 0.1) is 22.2 Å². The molecule has 2 aromatic carbocycles. The SMILES string of the molecule is CCSc1cc2c(cc1-c1nc3cc(C(F)(F)F)ccc3o1)n(C)c(=O)n2C. The van der Waals surface area contributed by atoms with E-state index >= 15 is 0 Å². The summed E-state index contributed by atoms with van der Waals surface area (Å²) >= 11 is 1.55. The predicted octanol–water partition coefficient (Wildman–Crippen LogP) is 4.82. The molecule has 0 saturated carbocycles. The molecular formula is C19H16F3N3O2S. The molecule has 9 heteroatoms. The van der Waals surface area contributed by atoms with Crippen LogP contribution in [0.2, 0.25) is 0 Å². The van der Waals surface area contributed by atoms with Gasteiger partial charge in [0.25, 0.3) is 0 Å². The number of halogens is 3. The zero-order valence-corrected chi connectivity index (χ0v) is 16.1. The van der Waals surface area contributed by atoms with Gasteiger partial charge < -0.3 is 4.42 Å². The standard InChI is InChI=1S/C19H16F3N3O2S/c1-4-28-16-9-14-13(24(2)18(26)25(14)3)8-11(16)17-23-12-7-10(19(20,21)22)5-6-15(12)27-17/h5-9H,4H2,1-3H3. The molecule has 0 bridgehead atoms. The second kappa shape index (κ2) is 6.44. The van der Waals surface area contributed by atoms with Crippen LogP contribution >= 0.6 is 11.8 Å². The van der Waals surface area contributed by atoms with Gasteiger partial charge in [0.15, 0.2) is 5.58 Å². The molecule has 0 N–H and O–H groups in total. The molecule has 0 spiro atoms. The van der Waals surface area contributed by atoms with E-state index < -0.39 is 11.7 Å². The Bertz CT molecular complexity index is 1270. The van der Waals surface area contributed by atoms with E-state index in [1.165, 1.54) is 10.6 Å². The zero-order chi connectivity index (χ0) is 20.2. The number of rotatable bonds is 3. The molecule has 5 nitrogen and oxygen atoms in total. The molecule has 4 aromatic rings. The highest BCUT2D eigenvalue weighted by Crippen LogP contribution is 2.37. The molecule has 0 amide bonds. The van der Waals surface area contributed by atoms with Crippen molar-refractivity contribution in [3.05, 3.63) is 46.4 Å². The Morgan fingerprint density at radius 2 is 1.79 bits per heavy atom. The summed E-state index contributed by atoms with van der Waals surface area (Å²) in [5, 5.41) is 0. The van der Waals surface area contributed by atoms with Crippen LogP contribution in [0, 0.1) is 0 Å². The predicted molar refractivity (Wildman–Crippen MR) is 103 cm³/mol. The minimum absolute atomic E-state index is 0.138. The smallest absolute Gasteiger partial charge is 0.416 e. The maximum absolute atomic E-state index is 13.0. The third-order valence-corrected chi connectivity index (χ3v) is 5.56. The van der Waals surface area contributed by atoms with E-state index in [4.69, 9.17) is 4.42 Å². The van der Waals surface area contributed by atoms with Crippen LogP contribution < -0.4 is 5.69 Å². The first-order chi connectivity index (χ1) is 13.2. The van der Waals surface area contributed by atoms with Crippen LogP contribution in [0.3, 0.4) is 0 Å². The fourth-order valence-electron chi connectivity index (χ4n) is 3.19. The first-order valence-corrected chi connectivity index (χ1v) is 9.49. The summed E-state index contributed by atoms with van der Waals surface area (Å²) < 4.78 is 47.7. The minimum Gasteiger partial charge on any atom is -0.436 e. The fraction of sp³-hybridized carbons (Fsp3) is 0.263. The number of hydrogen-bond donors (Lipinski definition) is 0. The van der Waals surface area contributed by atoms with E-state index in [0.717, 1.165) is 28.3 Å². The highest BCUT2D eigenvalue weighted by molar-refractivity contribution is 7.99. The summed E-state index contributed by atoms with van der Waals surface area (Å²) in [7, 11) is 3.37. The second-order valence-corrected chi connectivity index (χ2v) is 7.68. The van der Waals surface area contributed by atoms with E-state index in [2.05, 4.69) is 4.98 Å². The van der Waals surface area contributed by atoms with Gasteiger partial charge in [-0.05, 0) is 36.1 Å². The summed E-state index contributed by atoms with van der Waals surface area (Å²) in [4.78, 5) is 17.4. The summed E-state index contributed by atoms with van der Waals surface area (Å²) in [5.41, 5.74) is 1.59. The van der Waals surface area contributed by atoms with Crippen LogP contribution in [-0.2, 0) is 20.3 Å². The van der Waals surface area contributed by atoms with Crippen LogP contribution in [0.5, 0.6) is 0 Å². The molecule has 0 saturated heterocycles. The van der Waals surface area contributed by atoms with Crippen LogP contribution in [0.4, 0.5) is 13.2 Å². The number of imidazole rings is 1. The van der Waals surface area contributed by atoms with Gasteiger partial charge in [0, 0.05) is 19.0 Å². The number of benzene rings is 2. The molecule has 0 atom stereocenters. The van der Waals surface area contributed by atoms with E-state index in [9.17, 15) is 18.0 Å². The van der Waals surface area contributed by atoms with Crippen LogP contribution in [-0.4, -0.2) is 19.9 Å². The lowest BCUT2D eigenvalue weighted by molar-refractivity contribution is -0.137. The van der Waals surface area contributed by atoms with Crippen LogP contribution in [0.25, 0.3) is 33.6 Å². The topological polar surface area (TPSA) is 53.0 Å². The number of aromatic nitrogens is 3. The van der Waals surface area contributed by atoms with Crippen molar-refractivity contribution in [3.63, 3.8) is 0 Å². The van der Waals surface area contributed by atoms with E-state index in [0.29, 0.717) is 11.1 Å². The highest BCUT2D eigenvalue weighted by Gasteiger charge is 2.31. The van der Waals surface area contributed by atoms with Gasteiger partial charge in [-0.3, -0.25) is 9.13 Å². The van der Waals surface area contributed by atoms with Gasteiger partial charge in [-0.1, -0.05) is 6.92 Å². The number of hydrogen-bond acceptors (Lipinski definition) is 4. The first kappa shape index (κ1) is 18.7. The van der Waals surface area contributed by atoms with E-state index in [1.54, 1.807) is 36.5 Å². The zero-order valence-electron chi connectivity index (χ0n) is 15.3. The van der Waals surface area contributed by atoms with Crippen molar-refractivity contribution in [3.8, 4) is 11.5 Å². The van der Waals surface area contributed by atoms with Crippen LogP contribution in [0.15, 0.2) is 44.4 Å². The first-order valence-electron chi connectivity index (χ1n) is 8.51. The van der Waals surface area contributed by atoms with Gasteiger partial charge >= 0.3 is 11.9 Å². The number of fused-ring (bicyclic) bond motifs is 2. The molecule has 0 aliphatic rings. The maximum atomic E-state index is 13.0. The second-order valence-electron chi connectivity index (χ2n) is 6.37. The molecule has 4 rings (SSSR count). The monoisotopic (exact) mass is 407 g/mol. The molecule has 0 unspecified atom stereocenters. The molecule has 2 heterocycles. The average molecular weight is 407 g/mol. The third-order valence-electron chi connectivity index (χ3n) is 4.62. The number of oxazole rings is 1. The Labute approximate surface area is 161 Å². The third kappa shape index (κ3) is 2.90. The lowest BCUT2D eigenvalue weighted by Gasteiger charge is -2.07. The highest BCUT2D eigenvalue weighted by atomic mass is 32.2. The molecule has 146 valence electrons.